The zero-order valence-corrected chi connectivity index (χ0v) is 14.3. The van der Waals surface area contributed by atoms with Crippen LogP contribution < -0.4 is 4.57 Å². The van der Waals surface area contributed by atoms with Gasteiger partial charge in [-0.15, -0.1) is 0 Å². The lowest BCUT2D eigenvalue weighted by atomic mass is 10.1. The number of rotatable bonds is 2. The number of benzene rings is 2. The minimum atomic E-state index is -4.35. The average Bonchev–Trinajstić information content (AvgIpc) is 3.16. The molecular formula is C19H16F3N2S+. The van der Waals surface area contributed by atoms with Crippen LogP contribution in [0.25, 0.3) is 16.9 Å². The smallest absolute Gasteiger partial charge is 0.214 e. The summed E-state index contributed by atoms with van der Waals surface area (Å²) in [6.07, 6.45) is -2.41. The van der Waals surface area contributed by atoms with Crippen LogP contribution in [0.15, 0.2) is 66.0 Å². The predicted octanol–water partition coefficient (Wildman–Crippen LogP) is 5.12. The van der Waals surface area contributed by atoms with Crippen molar-refractivity contribution in [2.45, 2.75) is 24.3 Å². The molecule has 0 unspecified atom stereocenters. The van der Waals surface area contributed by atoms with Gasteiger partial charge in [-0.25, -0.2) is 4.57 Å². The topological polar surface area (TPSA) is 8.81 Å². The van der Waals surface area contributed by atoms with Crippen LogP contribution >= 0.6 is 11.8 Å². The van der Waals surface area contributed by atoms with Crippen LogP contribution in [0.4, 0.5) is 13.2 Å². The Labute approximate surface area is 147 Å². The molecule has 0 bridgehead atoms. The summed E-state index contributed by atoms with van der Waals surface area (Å²) in [5.41, 5.74) is 1.98. The van der Waals surface area contributed by atoms with Crippen LogP contribution in [0.5, 0.6) is 0 Å². The van der Waals surface area contributed by atoms with Gasteiger partial charge in [-0.1, -0.05) is 36.4 Å². The van der Waals surface area contributed by atoms with Crippen molar-refractivity contribution in [2.24, 2.45) is 0 Å². The fourth-order valence-electron chi connectivity index (χ4n) is 3.13. The Kier molecular flexibility index (Phi) is 3.87. The molecule has 0 saturated heterocycles. The molecule has 4 rings (SSSR count). The number of fused-ring (bicyclic) bond motifs is 1. The molecule has 2 nitrogen and oxygen atoms in total. The molecule has 1 aromatic heterocycles. The minimum absolute atomic E-state index is 0.294. The van der Waals surface area contributed by atoms with Crippen molar-refractivity contribution in [1.82, 2.24) is 4.57 Å². The Bertz CT molecular complexity index is 916. The summed E-state index contributed by atoms with van der Waals surface area (Å²) in [7, 11) is 0. The summed E-state index contributed by atoms with van der Waals surface area (Å²) >= 11 is 1.67. The van der Waals surface area contributed by atoms with Crippen LogP contribution in [0.3, 0.4) is 0 Å². The number of halogens is 3. The lowest BCUT2D eigenvalue weighted by Gasteiger charge is -2.07. The van der Waals surface area contributed by atoms with E-state index >= 15 is 0 Å². The first-order valence-electron chi connectivity index (χ1n) is 7.98. The summed E-state index contributed by atoms with van der Waals surface area (Å²) in [4.78, 5) is 0. The van der Waals surface area contributed by atoms with E-state index in [1.165, 1.54) is 12.1 Å². The van der Waals surface area contributed by atoms with Crippen molar-refractivity contribution >= 4 is 11.8 Å². The number of hydrogen-bond donors (Lipinski definition) is 0. The predicted molar refractivity (Wildman–Crippen MR) is 91.8 cm³/mol. The van der Waals surface area contributed by atoms with E-state index in [0.717, 1.165) is 28.2 Å². The van der Waals surface area contributed by atoms with E-state index < -0.39 is 11.7 Å². The zero-order valence-electron chi connectivity index (χ0n) is 13.5. The molecule has 6 heteroatoms. The fraction of sp³-hybridized carbons (Fsp3) is 0.211. The van der Waals surface area contributed by atoms with Crippen LogP contribution in [0, 0.1) is 0 Å². The molecule has 0 fully saturated rings. The second-order valence-corrected chi connectivity index (χ2v) is 7.10. The molecule has 0 amide bonds. The maximum atomic E-state index is 13.1. The quantitative estimate of drug-likeness (QED) is 0.576. The average molecular weight is 361 g/mol. The molecule has 2 aromatic carbocycles. The van der Waals surface area contributed by atoms with Gasteiger partial charge in [0.1, 0.15) is 17.9 Å². The Morgan fingerprint density at radius 1 is 1.08 bits per heavy atom. The van der Waals surface area contributed by atoms with Crippen LogP contribution in [-0.4, -0.2) is 10.3 Å². The number of hydrogen-bond acceptors (Lipinski definition) is 1. The lowest BCUT2D eigenvalue weighted by Crippen LogP contribution is -2.37. The molecular weight excluding hydrogens is 345 g/mol. The summed E-state index contributed by atoms with van der Waals surface area (Å²) < 4.78 is 43.3. The van der Waals surface area contributed by atoms with Crippen molar-refractivity contribution in [2.75, 3.05) is 5.75 Å². The standard InChI is InChI=1S/C19H16F3N2S/c1-13-12-25-18-23(16-9-5-8-15(10-16)19(20,21)22)11-17(24(13)18)14-6-3-2-4-7-14/h2-11,13H,12H2,1H3/q+1/t13-/m0/s1. The van der Waals surface area contributed by atoms with E-state index in [0.29, 0.717) is 11.7 Å². The highest BCUT2D eigenvalue weighted by atomic mass is 32.2. The summed E-state index contributed by atoms with van der Waals surface area (Å²) in [6.45, 7) is 2.13. The normalized spacial score (nSPS) is 16.9. The lowest BCUT2D eigenvalue weighted by molar-refractivity contribution is -0.734. The first kappa shape index (κ1) is 16.3. The van der Waals surface area contributed by atoms with Gasteiger partial charge in [-0.2, -0.15) is 17.7 Å². The molecule has 128 valence electrons. The van der Waals surface area contributed by atoms with Gasteiger partial charge in [0.25, 0.3) is 0 Å². The number of aromatic nitrogens is 2. The van der Waals surface area contributed by atoms with Crippen molar-refractivity contribution < 1.29 is 17.7 Å². The highest BCUT2D eigenvalue weighted by molar-refractivity contribution is 7.99. The largest absolute Gasteiger partial charge is 0.416 e. The Hall–Kier alpha value is -2.21. The van der Waals surface area contributed by atoms with Gasteiger partial charge in [0, 0.05) is 11.3 Å². The molecule has 0 N–H and O–H groups in total. The van der Waals surface area contributed by atoms with Gasteiger partial charge >= 0.3 is 11.3 Å². The number of alkyl halides is 3. The summed E-state index contributed by atoms with van der Waals surface area (Å²) in [5, 5.41) is 0.964. The minimum Gasteiger partial charge on any atom is -0.214 e. The van der Waals surface area contributed by atoms with Gasteiger partial charge in [0.15, 0.2) is 5.69 Å². The summed E-state index contributed by atoms with van der Waals surface area (Å²) in [5.74, 6) is 0.912. The molecule has 3 aromatic rings. The SMILES string of the molecule is C[C@H]1CSc2n(-c3cccc(C(F)(F)F)c3)cc(-c3ccccc3)[n+]21. The molecule has 0 radical (unpaired) electrons. The van der Waals surface area contributed by atoms with E-state index in [1.807, 2.05) is 41.1 Å². The number of nitrogens with zero attached hydrogens (tertiary/aromatic N) is 2. The third-order valence-corrected chi connectivity index (χ3v) is 5.64. The maximum absolute atomic E-state index is 13.1. The van der Waals surface area contributed by atoms with Crippen molar-refractivity contribution in [3.63, 3.8) is 0 Å². The molecule has 0 aliphatic carbocycles. The van der Waals surface area contributed by atoms with E-state index in [9.17, 15) is 13.2 Å². The second-order valence-electron chi connectivity index (χ2n) is 6.11. The van der Waals surface area contributed by atoms with E-state index in [-0.39, 0.29) is 0 Å². The Morgan fingerprint density at radius 3 is 2.56 bits per heavy atom. The molecule has 2 heterocycles. The number of thioether (sulfide) groups is 1. The third-order valence-electron chi connectivity index (χ3n) is 4.34. The fourth-order valence-corrected chi connectivity index (χ4v) is 4.39. The molecule has 0 saturated carbocycles. The van der Waals surface area contributed by atoms with E-state index in [4.69, 9.17) is 0 Å². The Morgan fingerprint density at radius 2 is 1.84 bits per heavy atom. The van der Waals surface area contributed by atoms with Gasteiger partial charge < -0.3 is 0 Å². The van der Waals surface area contributed by atoms with Gasteiger partial charge in [-0.05, 0) is 36.9 Å². The van der Waals surface area contributed by atoms with Crippen molar-refractivity contribution in [1.29, 1.82) is 0 Å². The molecule has 1 aliphatic rings. The van der Waals surface area contributed by atoms with Gasteiger partial charge in [0.05, 0.1) is 5.56 Å². The molecule has 1 atom stereocenters. The maximum Gasteiger partial charge on any atom is 0.416 e. The molecule has 1 aliphatic heterocycles. The van der Waals surface area contributed by atoms with E-state index in [2.05, 4.69) is 11.5 Å². The third kappa shape index (κ3) is 2.84. The first-order chi connectivity index (χ1) is 11.9. The second kappa shape index (κ2) is 5.95. The number of imidazole rings is 1. The first-order valence-corrected chi connectivity index (χ1v) is 8.96. The monoisotopic (exact) mass is 361 g/mol. The van der Waals surface area contributed by atoms with Crippen LogP contribution in [0.2, 0.25) is 0 Å². The highest BCUT2D eigenvalue weighted by Crippen LogP contribution is 2.35. The van der Waals surface area contributed by atoms with Gasteiger partial charge in [0.2, 0.25) is 0 Å². The Balaban J connectivity index is 1.89. The molecule has 25 heavy (non-hydrogen) atoms. The van der Waals surface area contributed by atoms with Crippen molar-refractivity contribution in [3.8, 4) is 16.9 Å². The van der Waals surface area contributed by atoms with Crippen molar-refractivity contribution in [3.05, 3.63) is 66.4 Å². The summed E-state index contributed by atoms with van der Waals surface area (Å²) in [6, 6.07) is 15.7. The highest BCUT2D eigenvalue weighted by Gasteiger charge is 2.36. The van der Waals surface area contributed by atoms with E-state index in [1.54, 1.807) is 17.8 Å². The van der Waals surface area contributed by atoms with Crippen LogP contribution in [0.1, 0.15) is 18.5 Å². The van der Waals surface area contributed by atoms with Gasteiger partial charge in [-0.3, -0.25) is 0 Å². The van der Waals surface area contributed by atoms with Crippen LogP contribution in [-0.2, 0) is 6.18 Å². The zero-order chi connectivity index (χ0) is 17.6. The molecule has 0 spiro atoms.